The van der Waals surface area contributed by atoms with Crippen LogP contribution in [0.15, 0.2) is 54.1 Å². The number of aliphatic hydroxyl groups excluding tert-OH is 1. The van der Waals surface area contributed by atoms with Crippen LogP contribution in [0.3, 0.4) is 0 Å². The topological polar surface area (TPSA) is 76.1 Å². The summed E-state index contributed by atoms with van der Waals surface area (Å²) in [7, 11) is 1.56. The lowest BCUT2D eigenvalue weighted by atomic mass is 9.95. The average molecular weight is 424 g/mol. The predicted molar refractivity (Wildman–Crippen MR) is 119 cm³/mol. The van der Waals surface area contributed by atoms with Crippen molar-refractivity contribution in [1.29, 1.82) is 0 Å². The molecule has 0 bridgehead atoms. The molecule has 3 rings (SSSR count). The zero-order valence-corrected chi connectivity index (χ0v) is 18.4. The SMILES string of the molecule is CCCCN1C(=O)C(=O)/C(=C(\O)c2ccc(OC(C)C)cc2)C1c1cccc(OC)c1. The Balaban J connectivity index is 2.09. The summed E-state index contributed by atoms with van der Waals surface area (Å²) < 4.78 is 11.0. The lowest BCUT2D eigenvalue weighted by Crippen LogP contribution is -2.30. The molecule has 0 spiro atoms. The van der Waals surface area contributed by atoms with E-state index in [0.717, 1.165) is 18.4 Å². The van der Waals surface area contributed by atoms with E-state index < -0.39 is 17.7 Å². The number of ether oxygens (including phenoxy) is 2. The summed E-state index contributed by atoms with van der Waals surface area (Å²) in [6.45, 7) is 6.32. The largest absolute Gasteiger partial charge is 0.507 e. The van der Waals surface area contributed by atoms with Crippen LogP contribution in [-0.2, 0) is 9.59 Å². The number of rotatable bonds is 8. The van der Waals surface area contributed by atoms with Crippen LogP contribution in [0.1, 0.15) is 50.8 Å². The Morgan fingerprint density at radius 2 is 1.81 bits per heavy atom. The van der Waals surface area contributed by atoms with Gasteiger partial charge in [0.05, 0.1) is 24.8 Å². The van der Waals surface area contributed by atoms with Crippen molar-refractivity contribution in [2.75, 3.05) is 13.7 Å². The quantitative estimate of drug-likeness (QED) is 0.378. The molecule has 6 heteroatoms. The van der Waals surface area contributed by atoms with Crippen molar-refractivity contribution in [3.8, 4) is 11.5 Å². The van der Waals surface area contributed by atoms with Gasteiger partial charge in [-0.25, -0.2) is 0 Å². The highest BCUT2D eigenvalue weighted by molar-refractivity contribution is 6.46. The smallest absolute Gasteiger partial charge is 0.295 e. The average Bonchev–Trinajstić information content (AvgIpc) is 3.02. The summed E-state index contributed by atoms with van der Waals surface area (Å²) in [4.78, 5) is 27.4. The van der Waals surface area contributed by atoms with Gasteiger partial charge in [-0.15, -0.1) is 0 Å². The van der Waals surface area contributed by atoms with Crippen LogP contribution in [-0.4, -0.2) is 41.5 Å². The molecule has 31 heavy (non-hydrogen) atoms. The number of methoxy groups -OCH3 is 1. The van der Waals surface area contributed by atoms with Crippen LogP contribution in [0.2, 0.25) is 0 Å². The minimum absolute atomic E-state index is 0.0244. The Bertz CT molecular complexity index is 978. The maximum atomic E-state index is 13.0. The van der Waals surface area contributed by atoms with Crippen LogP contribution < -0.4 is 9.47 Å². The van der Waals surface area contributed by atoms with Gasteiger partial charge in [0.15, 0.2) is 0 Å². The molecule has 0 radical (unpaired) electrons. The number of benzene rings is 2. The van der Waals surface area contributed by atoms with Crippen molar-refractivity contribution in [2.24, 2.45) is 0 Å². The second kappa shape index (κ2) is 9.69. The Morgan fingerprint density at radius 3 is 2.42 bits per heavy atom. The molecule has 1 aliphatic rings. The first-order valence-electron chi connectivity index (χ1n) is 10.6. The van der Waals surface area contributed by atoms with Crippen LogP contribution in [0.5, 0.6) is 11.5 Å². The highest BCUT2D eigenvalue weighted by Gasteiger charge is 2.45. The maximum Gasteiger partial charge on any atom is 0.295 e. The van der Waals surface area contributed by atoms with Crippen molar-refractivity contribution >= 4 is 17.4 Å². The number of hydrogen-bond acceptors (Lipinski definition) is 5. The number of nitrogens with zero attached hydrogens (tertiary/aromatic N) is 1. The molecular weight excluding hydrogens is 394 g/mol. The Hall–Kier alpha value is -3.28. The van der Waals surface area contributed by atoms with Crippen molar-refractivity contribution in [3.05, 3.63) is 65.2 Å². The van der Waals surface area contributed by atoms with E-state index in [1.807, 2.05) is 32.9 Å². The molecule has 1 N–H and O–H groups in total. The summed E-state index contributed by atoms with van der Waals surface area (Å²) in [6.07, 6.45) is 1.66. The number of aliphatic hydroxyl groups is 1. The number of amides is 1. The molecule has 1 aliphatic heterocycles. The number of likely N-dealkylation sites (tertiary alicyclic amines) is 1. The molecule has 1 fully saturated rings. The lowest BCUT2D eigenvalue weighted by Gasteiger charge is -2.25. The fourth-order valence-electron chi connectivity index (χ4n) is 3.72. The molecule has 164 valence electrons. The number of carbonyl (C=O) groups is 2. The number of carbonyl (C=O) groups excluding carboxylic acids is 2. The lowest BCUT2D eigenvalue weighted by molar-refractivity contribution is -0.139. The van der Waals surface area contributed by atoms with Gasteiger partial charge in [0.2, 0.25) is 0 Å². The first-order chi connectivity index (χ1) is 14.9. The third-order valence-electron chi connectivity index (χ3n) is 5.20. The van der Waals surface area contributed by atoms with Crippen LogP contribution in [0, 0.1) is 0 Å². The Morgan fingerprint density at radius 1 is 1.10 bits per heavy atom. The second-order valence-corrected chi connectivity index (χ2v) is 7.81. The summed E-state index contributed by atoms with van der Waals surface area (Å²) in [6, 6.07) is 13.4. The Labute approximate surface area is 183 Å². The summed E-state index contributed by atoms with van der Waals surface area (Å²) in [5.41, 5.74) is 1.26. The van der Waals surface area contributed by atoms with E-state index in [4.69, 9.17) is 9.47 Å². The molecule has 1 saturated heterocycles. The number of ketones is 1. The van der Waals surface area contributed by atoms with E-state index in [1.165, 1.54) is 0 Å². The van der Waals surface area contributed by atoms with Crippen molar-refractivity contribution < 1.29 is 24.2 Å². The third-order valence-corrected chi connectivity index (χ3v) is 5.20. The third kappa shape index (κ3) is 4.74. The van der Waals surface area contributed by atoms with Crippen molar-refractivity contribution in [1.82, 2.24) is 4.90 Å². The highest BCUT2D eigenvalue weighted by atomic mass is 16.5. The number of hydrogen-bond donors (Lipinski definition) is 1. The van der Waals surface area contributed by atoms with Gasteiger partial charge < -0.3 is 19.5 Å². The molecule has 0 aliphatic carbocycles. The van der Waals surface area contributed by atoms with Crippen LogP contribution in [0.4, 0.5) is 0 Å². The van der Waals surface area contributed by atoms with Crippen molar-refractivity contribution in [2.45, 2.75) is 45.8 Å². The van der Waals surface area contributed by atoms with Gasteiger partial charge >= 0.3 is 0 Å². The van der Waals surface area contributed by atoms with E-state index in [-0.39, 0.29) is 17.4 Å². The van der Waals surface area contributed by atoms with E-state index in [2.05, 4.69) is 0 Å². The molecule has 2 aromatic carbocycles. The first kappa shape index (κ1) is 22.4. The fraction of sp³-hybridized carbons (Fsp3) is 0.360. The molecule has 2 aromatic rings. The zero-order valence-electron chi connectivity index (χ0n) is 18.4. The van der Waals surface area contributed by atoms with Crippen molar-refractivity contribution in [3.63, 3.8) is 0 Å². The van der Waals surface area contributed by atoms with Gasteiger partial charge in [0.1, 0.15) is 17.3 Å². The number of unbranched alkanes of at least 4 members (excludes halogenated alkanes) is 1. The van der Waals surface area contributed by atoms with Crippen LogP contribution >= 0.6 is 0 Å². The molecule has 1 heterocycles. The van der Waals surface area contributed by atoms with Gasteiger partial charge in [-0.05, 0) is 62.2 Å². The molecule has 0 saturated carbocycles. The van der Waals surface area contributed by atoms with Gasteiger partial charge in [0.25, 0.3) is 11.7 Å². The second-order valence-electron chi connectivity index (χ2n) is 7.81. The fourth-order valence-corrected chi connectivity index (χ4v) is 3.72. The summed E-state index contributed by atoms with van der Waals surface area (Å²) in [5, 5.41) is 11.1. The minimum Gasteiger partial charge on any atom is -0.507 e. The summed E-state index contributed by atoms with van der Waals surface area (Å²) in [5.74, 6) is -0.180. The number of Topliss-reactive ketones (excluding diaryl/α,β-unsaturated/α-hetero) is 1. The molecule has 1 atom stereocenters. The van der Waals surface area contributed by atoms with E-state index in [9.17, 15) is 14.7 Å². The van der Waals surface area contributed by atoms with Gasteiger partial charge in [-0.2, -0.15) is 0 Å². The monoisotopic (exact) mass is 423 g/mol. The predicted octanol–water partition coefficient (Wildman–Crippen LogP) is 4.70. The van der Waals surface area contributed by atoms with Gasteiger partial charge in [-0.3, -0.25) is 9.59 Å². The highest BCUT2D eigenvalue weighted by Crippen LogP contribution is 2.40. The Kier molecular flexibility index (Phi) is 7.00. The first-order valence-corrected chi connectivity index (χ1v) is 10.6. The van der Waals surface area contributed by atoms with E-state index >= 15 is 0 Å². The standard InChI is InChI=1S/C25H29NO5/c1-5-6-14-26-22(18-8-7-9-20(15-18)30-4)21(24(28)25(26)29)23(27)17-10-12-19(13-11-17)31-16(2)3/h7-13,15-16,22,27H,5-6,14H2,1-4H3/b23-21-. The zero-order chi connectivity index (χ0) is 22.5. The maximum absolute atomic E-state index is 13.0. The van der Waals surface area contributed by atoms with Gasteiger partial charge in [0, 0.05) is 12.1 Å². The molecule has 6 nitrogen and oxygen atoms in total. The normalized spacial score (nSPS) is 18.0. The minimum atomic E-state index is -0.677. The van der Waals surface area contributed by atoms with E-state index in [1.54, 1.807) is 48.4 Å². The molecular formula is C25H29NO5. The van der Waals surface area contributed by atoms with Gasteiger partial charge in [-0.1, -0.05) is 25.5 Å². The van der Waals surface area contributed by atoms with Crippen LogP contribution in [0.25, 0.3) is 5.76 Å². The molecule has 0 aromatic heterocycles. The molecule has 1 amide bonds. The van der Waals surface area contributed by atoms with E-state index in [0.29, 0.717) is 23.6 Å². The molecule has 1 unspecified atom stereocenters. The summed E-state index contributed by atoms with van der Waals surface area (Å²) >= 11 is 0.